The molecule has 0 aliphatic heterocycles. The van der Waals surface area contributed by atoms with E-state index in [1.54, 1.807) is 56.4 Å². The molecule has 2 aromatic heterocycles. The van der Waals surface area contributed by atoms with Crippen molar-refractivity contribution in [2.75, 3.05) is 19.5 Å². The van der Waals surface area contributed by atoms with Crippen LogP contribution < -0.4 is 5.30 Å². The smallest absolute Gasteiger partial charge is 0.305 e. The topological polar surface area (TPSA) is 113 Å². The number of carbonyl (C=O) groups is 1. The Balaban J connectivity index is 0.000000521. The molecule has 0 spiro atoms. The SMILES string of the molecule is CCOP(=O)(OCC)c1ccnc(CC(=O)[C@H](CC2CCCC2)c2ccc(S(C)(=O)=O)cc2)c1.Cc1cc(Br)ccn1. The van der Waals surface area contributed by atoms with E-state index in [9.17, 15) is 17.8 Å². The van der Waals surface area contributed by atoms with Gasteiger partial charge in [0.15, 0.2) is 9.84 Å². The summed E-state index contributed by atoms with van der Waals surface area (Å²) in [4.78, 5) is 22.1. The molecule has 1 fully saturated rings. The fourth-order valence-electron chi connectivity index (χ4n) is 5.05. The van der Waals surface area contributed by atoms with Gasteiger partial charge >= 0.3 is 7.60 Å². The summed E-state index contributed by atoms with van der Waals surface area (Å²) in [5.41, 5.74) is 2.36. The van der Waals surface area contributed by atoms with Crippen molar-refractivity contribution in [2.45, 2.75) is 70.1 Å². The first-order chi connectivity index (χ1) is 19.9. The first-order valence-corrected chi connectivity index (χ1v) is 18.4. The van der Waals surface area contributed by atoms with Crippen LogP contribution in [0.1, 0.15) is 68.8 Å². The van der Waals surface area contributed by atoms with Crippen molar-refractivity contribution in [3.8, 4) is 0 Å². The van der Waals surface area contributed by atoms with E-state index >= 15 is 0 Å². The zero-order valence-electron chi connectivity index (χ0n) is 24.7. The van der Waals surface area contributed by atoms with Crippen molar-refractivity contribution in [1.82, 2.24) is 9.97 Å². The van der Waals surface area contributed by atoms with Gasteiger partial charge in [-0.2, -0.15) is 0 Å². The molecule has 8 nitrogen and oxygen atoms in total. The fourth-order valence-corrected chi connectivity index (χ4v) is 7.74. The molecule has 4 rings (SSSR count). The number of benzene rings is 1. The predicted octanol–water partition coefficient (Wildman–Crippen LogP) is 7.00. The van der Waals surface area contributed by atoms with Gasteiger partial charge < -0.3 is 9.05 Å². The monoisotopic (exact) mass is 678 g/mol. The molecule has 1 aliphatic carbocycles. The lowest BCUT2D eigenvalue weighted by Crippen LogP contribution is -2.20. The molecule has 1 saturated carbocycles. The summed E-state index contributed by atoms with van der Waals surface area (Å²) in [6.45, 7) is 5.94. The first-order valence-electron chi connectivity index (χ1n) is 14.2. The summed E-state index contributed by atoms with van der Waals surface area (Å²) >= 11 is 3.32. The van der Waals surface area contributed by atoms with Gasteiger partial charge in [0, 0.05) is 46.8 Å². The highest BCUT2D eigenvalue weighted by molar-refractivity contribution is 9.10. The standard InChI is InChI=1S/C25H34NO6PS.C6H6BrN/c1-4-31-33(28,32-5-2)22-14-15-26-21(17-22)18-25(27)24(16-19-8-6-7-9-19)20-10-12-23(13-11-20)34(3,29)30;1-5-4-6(7)2-3-8-5/h10-15,17,19,24H,4-9,16,18H2,1-3H3;2-4H,1H3/t24-;/m1./s1. The van der Waals surface area contributed by atoms with Gasteiger partial charge in [-0.3, -0.25) is 19.3 Å². The third kappa shape index (κ3) is 10.2. The van der Waals surface area contributed by atoms with Crippen molar-refractivity contribution in [3.63, 3.8) is 0 Å². The molecule has 2 heterocycles. The summed E-state index contributed by atoms with van der Waals surface area (Å²) in [6, 6.07) is 13.7. The van der Waals surface area contributed by atoms with Crippen LogP contribution in [0.4, 0.5) is 0 Å². The zero-order valence-corrected chi connectivity index (χ0v) is 28.0. The summed E-state index contributed by atoms with van der Waals surface area (Å²) in [7, 11) is -6.79. The fraction of sp³-hybridized carbons (Fsp3) is 0.452. The van der Waals surface area contributed by atoms with Gasteiger partial charge in [-0.05, 0) is 75.1 Å². The number of aryl methyl sites for hydroxylation is 1. The lowest BCUT2D eigenvalue weighted by Gasteiger charge is -2.21. The van der Waals surface area contributed by atoms with Gasteiger partial charge in [-0.1, -0.05) is 53.7 Å². The van der Waals surface area contributed by atoms with Crippen LogP contribution in [0.2, 0.25) is 0 Å². The number of hydrogen-bond donors (Lipinski definition) is 0. The maximum absolute atomic E-state index is 13.5. The van der Waals surface area contributed by atoms with Gasteiger partial charge in [-0.15, -0.1) is 0 Å². The highest BCUT2D eigenvalue weighted by Crippen LogP contribution is 2.46. The molecule has 0 radical (unpaired) electrons. The minimum absolute atomic E-state index is 0.00584. The second kappa shape index (κ2) is 16.0. The Bertz CT molecular complexity index is 1450. The van der Waals surface area contributed by atoms with Gasteiger partial charge in [0.05, 0.1) is 23.4 Å². The average Bonchev–Trinajstić information content (AvgIpc) is 3.45. The Kier molecular flexibility index (Phi) is 13.1. The van der Waals surface area contributed by atoms with Crippen molar-refractivity contribution >= 4 is 44.5 Å². The maximum Gasteiger partial charge on any atom is 0.361 e. The van der Waals surface area contributed by atoms with E-state index in [2.05, 4.69) is 25.9 Å². The quantitative estimate of drug-likeness (QED) is 0.188. The number of Topliss-reactive ketones (excluding diaryl/α,β-unsaturated/α-hetero) is 1. The number of pyridine rings is 2. The highest BCUT2D eigenvalue weighted by atomic mass is 79.9. The Labute approximate surface area is 258 Å². The number of aromatic nitrogens is 2. The number of halogens is 1. The van der Waals surface area contributed by atoms with Crippen molar-refractivity contribution in [3.05, 3.63) is 82.3 Å². The molecule has 0 amide bonds. The van der Waals surface area contributed by atoms with E-state index in [4.69, 9.17) is 9.05 Å². The summed E-state index contributed by atoms with van der Waals surface area (Å²) < 4.78 is 48.8. The molecule has 0 N–H and O–H groups in total. The molecule has 3 aromatic rings. The van der Waals surface area contributed by atoms with E-state index in [0.717, 1.165) is 35.0 Å². The lowest BCUT2D eigenvalue weighted by atomic mass is 9.83. The molecule has 0 bridgehead atoms. The Morgan fingerprint density at radius 3 is 2.14 bits per heavy atom. The molecule has 0 saturated heterocycles. The van der Waals surface area contributed by atoms with Gasteiger partial charge in [0.25, 0.3) is 0 Å². The highest BCUT2D eigenvalue weighted by Gasteiger charge is 2.30. The molecule has 1 atom stereocenters. The second-order valence-corrected chi connectivity index (χ2v) is 15.3. The molecule has 0 unspecified atom stereocenters. The van der Waals surface area contributed by atoms with Crippen LogP contribution in [0, 0.1) is 12.8 Å². The molecular formula is C31H40BrN2O6PS. The van der Waals surface area contributed by atoms with E-state index in [1.807, 2.05) is 19.1 Å². The number of sulfone groups is 1. The lowest BCUT2D eigenvalue weighted by molar-refractivity contribution is -0.120. The van der Waals surface area contributed by atoms with Crippen LogP contribution in [-0.2, 0) is 34.7 Å². The normalized spacial score (nSPS) is 14.7. The largest absolute Gasteiger partial charge is 0.361 e. The van der Waals surface area contributed by atoms with E-state index in [0.29, 0.717) is 16.9 Å². The van der Waals surface area contributed by atoms with Crippen molar-refractivity contribution in [2.24, 2.45) is 5.92 Å². The van der Waals surface area contributed by atoms with Crippen LogP contribution in [0.3, 0.4) is 0 Å². The Hall–Kier alpha value is -2.23. The number of carbonyl (C=O) groups excluding carboxylic acids is 1. The average molecular weight is 680 g/mol. The number of rotatable bonds is 12. The minimum atomic E-state index is -3.48. The molecule has 1 aliphatic rings. The van der Waals surface area contributed by atoms with E-state index < -0.39 is 17.4 Å². The summed E-state index contributed by atoms with van der Waals surface area (Å²) in [5, 5.41) is 0.388. The van der Waals surface area contributed by atoms with Crippen molar-refractivity contribution < 1.29 is 26.8 Å². The van der Waals surface area contributed by atoms with E-state index in [-0.39, 0.29) is 36.2 Å². The number of hydrogen-bond acceptors (Lipinski definition) is 8. The number of nitrogens with zero attached hydrogens (tertiary/aromatic N) is 2. The molecule has 11 heteroatoms. The van der Waals surface area contributed by atoms with Crippen LogP contribution in [-0.4, -0.2) is 43.6 Å². The molecule has 1 aromatic carbocycles. The third-order valence-corrected chi connectivity index (χ3v) is 10.8. The van der Waals surface area contributed by atoms with Gasteiger partial charge in [0.1, 0.15) is 5.78 Å². The third-order valence-electron chi connectivity index (χ3n) is 7.07. The van der Waals surface area contributed by atoms with E-state index in [1.165, 1.54) is 25.3 Å². The van der Waals surface area contributed by atoms with Crippen molar-refractivity contribution in [1.29, 1.82) is 0 Å². The Morgan fingerprint density at radius 2 is 1.62 bits per heavy atom. The van der Waals surface area contributed by atoms with Gasteiger partial charge in [0.2, 0.25) is 0 Å². The zero-order chi connectivity index (χ0) is 30.8. The van der Waals surface area contributed by atoms with Crippen LogP contribution in [0.25, 0.3) is 0 Å². The summed E-state index contributed by atoms with van der Waals surface area (Å²) in [6.07, 6.45) is 9.83. The molecular weight excluding hydrogens is 639 g/mol. The summed E-state index contributed by atoms with van der Waals surface area (Å²) in [5.74, 6) is 0.123. The number of ketones is 1. The maximum atomic E-state index is 13.5. The molecule has 228 valence electrons. The minimum Gasteiger partial charge on any atom is -0.305 e. The van der Waals surface area contributed by atoms with Crippen LogP contribution in [0.5, 0.6) is 0 Å². The Morgan fingerprint density at radius 1 is 1.00 bits per heavy atom. The first kappa shape index (κ1) is 34.3. The predicted molar refractivity (Wildman–Crippen MR) is 169 cm³/mol. The van der Waals surface area contributed by atoms with Crippen LogP contribution >= 0.6 is 23.5 Å². The van der Waals surface area contributed by atoms with Crippen LogP contribution in [0.15, 0.2) is 70.3 Å². The van der Waals surface area contributed by atoms with Gasteiger partial charge in [-0.25, -0.2) is 8.42 Å². The second-order valence-electron chi connectivity index (χ2n) is 10.4. The molecule has 42 heavy (non-hydrogen) atoms.